The van der Waals surface area contributed by atoms with Crippen LogP contribution in [-0.2, 0) is 12.8 Å². The van der Waals surface area contributed by atoms with E-state index in [4.69, 9.17) is 18.6 Å². The number of nitrogens with zero attached hydrogens (tertiary/aromatic N) is 3. The van der Waals surface area contributed by atoms with E-state index in [1.807, 2.05) is 74.5 Å². The van der Waals surface area contributed by atoms with Crippen molar-refractivity contribution in [3.05, 3.63) is 118 Å². The van der Waals surface area contributed by atoms with Crippen molar-refractivity contribution in [2.24, 2.45) is 0 Å². The van der Waals surface area contributed by atoms with Gasteiger partial charge in [-0.05, 0) is 53.6 Å². The maximum Gasteiger partial charge on any atom is 0.287 e. The van der Waals surface area contributed by atoms with Crippen LogP contribution in [0, 0.1) is 10.1 Å². The lowest BCUT2D eigenvalue weighted by Gasteiger charge is -2.02. The van der Waals surface area contributed by atoms with Crippen LogP contribution in [0.2, 0.25) is 0 Å². The molecule has 0 aliphatic heterocycles. The molecule has 0 saturated heterocycles. The standard InChI is InChI=1S/C12H11N3O2.C12H13N3.C2H6.CH4/c13-10-3-1-9(2-4-10)7-11-5-6-12(8-14-11)15(16)17;13-10-3-1-9(2-4-10)7-12-6-5-11(14)8-15-12;1-2;/h1-6,8H,7,13H2;1-6,8H,7,13-14H2;1-2H3;1H4/i;;;1D. The van der Waals surface area contributed by atoms with E-state index >= 15 is 0 Å². The van der Waals surface area contributed by atoms with E-state index < -0.39 is 4.92 Å². The zero-order valence-electron chi connectivity index (χ0n) is 21.4. The Morgan fingerprint density at radius 3 is 1.46 bits per heavy atom. The Kier molecular flexibility index (Phi) is 11.2. The molecule has 0 atom stereocenters. The first-order valence-electron chi connectivity index (χ1n) is 11.9. The third kappa shape index (κ3) is 9.91. The number of nitro groups is 1. The second-order valence-corrected chi connectivity index (χ2v) is 7.18. The van der Waals surface area contributed by atoms with Crippen molar-refractivity contribution in [3.8, 4) is 0 Å². The first-order valence-corrected chi connectivity index (χ1v) is 10.9. The number of hydrogen-bond donors (Lipinski definition) is 3. The average molecular weight is 476 g/mol. The Labute approximate surface area is 208 Å². The van der Waals surface area contributed by atoms with E-state index in [9.17, 15) is 10.1 Å². The highest BCUT2D eigenvalue weighted by Crippen LogP contribution is 2.14. The molecule has 0 radical (unpaired) electrons. The second-order valence-electron chi connectivity index (χ2n) is 7.18. The van der Waals surface area contributed by atoms with Crippen molar-refractivity contribution >= 4 is 22.7 Å². The normalized spacial score (nSPS) is 9.63. The average Bonchev–Trinajstić information content (AvgIpc) is 2.91. The van der Waals surface area contributed by atoms with E-state index in [1.54, 1.807) is 12.3 Å². The summed E-state index contributed by atoms with van der Waals surface area (Å²) >= 11 is 0. The molecule has 0 bridgehead atoms. The summed E-state index contributed by atoms with van der Waals surface area (Å²) in [5.74, 6) is 0. The summed E-state index contributed by atoms with van der Waals surface area (Å²) in [7, 11) is 1.25. The molecule has 0 unspecified atom stereocenters. The highest BCUT2D eigenvalue weighted by Gasteiger charge is 2.05. The Balaban J connectivity index is 0.000000318. The lowest BCUT2D eigenvalue weighted by molar-refractivity contribution is -0.385. The summed E-state index contributed by atoms with van der Waals surface area (Å²) in [6.07, 6.45) is 4.39. The van der Waals surface area contributed by atoms with Crippen LogP contribution in [-0.4, -0.2) is 14.9 Å². The summed E-state index contributed by atoms with van der Waals surface area (Å²) in [6, 6.07) is 22.2. The predicted molar refractivity (Wildman–Crippen MR) is 145 cm³/mol. The van der Waals surface area contributed by atoms with E-state index in [1.165, 1.54) is 25.2 Å². The molecule has 4 rings (SSSR count). The minimum Gasteiger partial charge on any atom is -0.399 e. The number of nitrogens with two attached hydrogens (primary N) is 3. The summed E-state index contributed by atoms with van der Waals surface area (Å²) < 4.78 is 5.75. The highest BCUT2D eigenvalue weighted by atomic mass is 16.6. The van der Waals surface area contributed by atoms with Gasteiger partial charge >= 0.3 is 0 Å². The zero-order valence-corrected chi connectivity index (χ0v) is 20.4. The van der Waals surface area contributed by atoms with Crippen LogP contribution in [0.25, 0.3) is 0 Å². The van der Waals surface area contributed by atoms with E-state index in [0.717, 1.165) is 29.1 Å². The predicted octanol–water partition coefficient (Wildman–Crippen LogP) is 5.66. The molecule has 2 aromatic carbocycles. The van der Waals surface area contributed by atoms with Gasteiger partial charge < -0.3 is 17.2 Å². The van der Waals surface area contributed by atoms with Crippen LogP contribution >= 0.6 is 0 Å². The molecule has 0 amide bonds. The Bertz CT molecular complexity index is 1110. The van der Waals surface area contributed by atoms with Crippen molar-refractivity contribution in [1.82, 2.24) is 9.97 Å². The molecule has 8 heteroatoms. The van der Waals surface area contributed by atoms with Gasteiger partial charge in [0.2, 0.25) is 0 Å². The molecule has 8 nitrogen and oxygen atoms in total. The summed E-state index contributed by atoms with van der Waals surface area (Å²) in [6.45, 7) is 4.00. The first kappa shape index (κ1) is 26.8. The maximum atomic E-state index is 10.5. The van der Waals surface area contributed by atoms with Crippen LogP contribution in [0.4, 0.5) is 22.7 Å². The number of rotatable bonds is 5. The lowest BCUT2D eigenvalue weighted by atomic mass is 10.1. The van der Waals surface area contributed by atoms with Crippen LogP contribution in [0.15, 0.2) is 85.2 Å². The summed E-state index contributed by atoms with van der Waals surface area (Å²) in [4.78, 5) is 18.3. The van der Waals surface area contributed by atoms with Crippen LogP contribution in [0.3, 0.4) is 0 Å². The lowest BCUT2D eigenvalue weighted by Crippen LogP contribution is -1.95. The minimum atomic E-state index is -0.458. The largest absolute Gasteiger partial charge is 0.399 e. The Morgan fingerprint density at radius 1 is 0.714 bits per heavy atom. The van der Waals surface area contributed by atoms with Crippen LogP contribution in [0.1, 0.15) is 45.1 Å². The molecule has 0 fully saturated rings. The molecule has 4 aromatic rings. The number of aromatic nitrogens is 2. The molecule has 35 heavy (non-hydrogen) atoms. The maximum absolute atomic E-state index is 10.5. The van der Waals surface area contributed by atoms with E-state index in [0.29, 0.717) is 17.8 Å². The SMILES string of the molecule is CC.Nc1ccc(Cc2ccc(N)cn2)cc1.Nc1ccc(Cc2ccc([N+](=O)[O-])cn2)cc1.[2H]C. The first-order chi connectivity index (χ1) is 17.4. The smallest absolute Gasteiger partial charge is 0.287 e. The number of pyridine rings is 2. The Morgan fingerprint density at radius 2 is 1.11 bits per heavy atom. The monoisotopic (exact) mass is 475 g/mol. The van der Waals surface area contributed by atoms with Gasteiger partial charge in [0.15, 0.2) is 0 Å². The Hall–Kier alpha value is -4.46. The number of nitrogen functional groups attached to an aromatic ring is 3. The van der Waals surface area contributed by atoms with Gasteiger partial charge in [0.25, 0.3) is 5.69 Å². The van der Waals surface area contributed by atoms with Crippen molar-refractivity contribution < 1.29 is 6.29 Å². The molecular weight excluding hydrogens is 440 g/mol. The van der Waals surface area contributed by atoms with Gasteiger partial charge in [-0.1, -0.05) is 45.5 Å². The van der Waals surface area contributed by atoms with Gasteiger partial charge in [-0.2, -0.15) is 0 Å². The molecule has 0 saturated carbocycles. The molecule has 2 heterocycles. The van der Waals surface area contributed by atoms with Gasteiger partial charge in [-0.25, -0.2) is 0 Å². The van der Waals surface area contributed by atoms with Crippen molar-refractivity contribution in [2.75, 3.05) is 17.2 Å². The van der Waals surface area contributed by atoms with Crippen molar-refractivity contribution in [2.45, 2.75) is 34.1 Å². The van der Waals surface area contributed by atoms with Gasteiger partial charge in [-0.15, -0.1) is 0 Å². The number of hydrogen-bond acceptors (Lipinski definition) is 7. The summed E-state index contributed by atoms with van der Waals surface area (Å²) in [5.41, 5.74) is 23.0. The van der Waals surface area contributed by atoms with E-state index in [-0.39, 0.29) is 5.69 Å². The number of benzene rings is 2. The fourth-order valence-corrected chi connectivity index (χ4v) is 2.86. The van der Waals surface area contributed by atoms with Crippen LogP contribution in [0.5, 0.6) is 0 Å². The molecule has 0 aliphatic carbocycles. The zero-order chi connectivity index (χ0) is 26.9. The quantitative estimate of drug-likeness (QED) is 0.191. The molecule has 6 N–H and O–H groups in total. The number of anilines is 3. The third-order valence-electron chi connectivity index (χ3n) is 4.60. The molecule has 2 aromatic heterocycles. The molecule has 184 valence electrons. The van der Waals surface area contributed by atoms with Gasteiger partial charge in [0, 0.05) is 43.0 Å². The van der Waals surface area contributed by atoms with Crippen molar-refractivity contribution in [3.63, 3.8) is 0 Å². The fourth-order valence-electron chi connectivity index (χ4n) is 2.86. The van der Waals surface area contributed by atoms with Gasteiger partial charge in [0.05, 0.1) is 16.8 Å². The molecule has 0 spiro atoms. The van der Waals surface area contributed by atoms with Crippen LogP contribution < -0.4 is 17.2 Å². The highest BCUT2D eigenvalue weighted by molar-refractivity contribution is 5.41. The topological polar surface area (TPSA) is 147 Å². The van der Waals surface area contributed by atoms with Gasteiger partial charge in [0.1, 0.15) is 6.20 Å². The third-order valence-corrected chi connectivity index (χ3v) is 4.60. The summed E-state index contributed by atoms with van der Waals surface area (Å²) in [5, 5.41) is 10.5. The van der Waals surface area contributed by atoms with Crippen molar-refractivity contribution in [1.29, 1.82) is 0 Å². The second kappa shape index (κ2) is 14.6. The fraction of sp³-hybridized carbons (Fsp3) is 0.185. The molecule has 0 aliphatic rings. The van der Waals surface area contributed by atoms with E-state index in [2.05, 4.69) is 9.97 Å². The minimum absolute atomic E-state index is 0.00561. The molecular formula is C27H34N6O2. The van der Waals surface area contributed by atoms with Gasteiger partial charge in [-0.3, -0.25) is 20.1 Å².